The number of nitrogens with two attached hydrogens (primary N) is 2. The lowest BCUT2D eigenvalue weighted by Crippen LogP contribution is -2.31. The molecule has 0 radical (unpaired) electrons. The Hall–Kier alpha value is -1.40. The second kappa shape index (κ2) is 6.15. The molecule has 2 aromatic carbocycles. The Morgan fingerprint density at radius 1 is 1.00 bits per heavy atom. The smallest absolute Gasteiger partial charge is 0.182 e. The van der Waals surface area contributed by atoms with Crippen LogP contribution in [-0.4, -0.2) is 26.8 Å². The number of hydrogen-bond donors (Lipinski definition) is 2. The van der Waals surface area contributed by atoms with Gasteiger partial charge in [0.25, 0.3) is 0 Å². The number of sulfone groups is 1. The number of hydrogen-bond acceptors (Lipinski definition) is 4. The van der Waals surface area contributed by atoms with Crippen molar-refractivity contribution in [2.24, 2.45) is 16.9 Å². The summed E-state index contributed by atoms with van der Waals surface area (Å²) < 4.78 is 26.3. The van der Waals surface area contributed by atoms with E-state index in [-0.39, 0.29) is 23.9 Å². The van der Waals surface area contributed by atoms with Crippen LogP contribution in [0.25, 0.3) is 0 Å². The van der Waals surface area contributed by atoms with E-state index in [1.165, 1.54) is 0 Å². The third kappa shape index (κ3) is 2.65. The van der Waals surface area contributed by atoms with Crippen molar-refractivity contribution >= 4 is 21.4 Å². The predicted octanol–water partition coefficient (Wildman–Crippen LogP) is 2.49. The Morgan fingerprint density at radius 3 is 2.04 bits per heavy atom. The monoisotopic (exact) mass is 364 g/mol. The van der Waals surface area contributed by atoms with E-state index in [0.29, 0.717) is 5.02 Å². The van der Waals surface area contributed by atoms with Gasteiger partial charge in [0.2, 0.25) is 0 Å². The minimum atomic E-state index is -3.54. The summed E-state index contributed by atoms with van der Waals surface area (Å²) in [5, 5.41) is -0.104. The van der Waals surface area contributed by atoms with E-state index in [0.717, 1.165) is 11.1 Å². The van der Waals surface area contributed by atoms with Crippen molar-refractivity contribution in [1.82, 2.24) is 0 Å². The first kappa shape index (κ1) is 17.4. The van der Waals surface area contributed by atoms with Gasteiger partial charge in [-0.25, -0.2) is 8.42 Å². The van der Waals surface area contributed by atoms with E-state index < -0.39 is 20.5 Å². The van der Waals surface area contributed by atoms with Crippen LogP contribution >= 0.6 is 11.6 Å². The van der Waals surface area contributed by atoms with Crippen molar-refractivity contribution in [2.45, 2.75) is 23.0 Å². The molecule has 4 nitrogen and oxygen atoms in total. The summed E-state index contributed by atoms with van der Waals surface area (Å²) >= 11 is 5.87. The molecule has 0 heterocycles. The fraction of sp³-hybridized carbons (Fsp3) is 0.333. The zero-order chi connectivity index (χ0) is 17.5. The maximum Gasteiger partial charge on any atom is 0.182 e. The van der Waals surface area contributed by atoms with Crippen LogP contribution in [0, 0.1) is 12.3 Å². The van der Waals surface area contributed by atoms with E-state index in [2.05, 4.69) is 0 Å². The van der Waals surface area contributed by atoms with Gasteiger partial charge in [0.05, 0.1) is 10.1 Å². The Balaban J connectivity index is 2.04. The van der Waals surface area contributed by atoms with Crippen LogP contribution in [0.2, 0.25) is 5.02 Å². The van der Waals surface area contributed by atoms with Crippen molar-refractivity contribution in [2.75, 3.05) is 13.1 Å². The van der Waals surface area contributed by atoms with E-state index >= 15 is 0 Å². The molecule has 0 bridgehead atoms. The van der Waals surface area contributed by atoms with Gasteiger partial charge in [-0.1, -0.05) is 41.4 Å². The molecule has 24 heavy (non-hydrogen) atoms. The molecule has 0 amide bonds. The number of halogens is 1. The lowest BCUT2D eigenvalue weighted by Gasteiger charge is -2.13. The van der Waals surface area contributed by atoms with Gasteiger partial charge < -0.3 is 11.5 Å². The number of benzene rings is 2. The second-order valence-corrected chi connectivity index (χ2v) is 8.96. The van der Waals surface area contributed by atoms with Crippen molar-refractivity contribution in [3.8, 4) is 0 Å². The molecule has 1 fully saturated rings. The normalized spacial score (nSPS) is 22.3. The molecule has 0 aliphatic heterocycles. The first-order chi connectivity index (χ1) is 11.4. The maximum atomic E-state index is 13.1. The molecule has 1 saturated carbocycles. The Morgan fingerprint density at radius 2 is 1.54 bits per heavy atom. The van der Waals surface area contributed by atoms with Gasteiger partial charge in [0.15, 0.2) is 9.84 Å². The van der Waals surface area contributed by atoms with Gasteiger partial charge in [-0.2, -0.15) is 0 Å². The molecule has 2 atom stereocenters. The highest BCUT2D eigenvalue weighted by molar-refractivity contribution is 7.92. The van der Waals surface area contributed by atoms with E-state index in [1.807, 2.05) is 31.2 Å². The van der Waals surface area contributed by atoms with Crippen LogP contribution in [0.5, 0.6) is 0 Å². The van der Waals surface area contributed by atoms with Crippen molar-refractivity contribution in [3.05, 3.63) is 64.7 Å². The highest BCUT2D eigenvalue weighted by Crippen LogP contribution is 2.62. The zero-order valence-electron chi connectivity index (χ0n) is 13.4. The summed E-state index contributed by atoms with van der Waals surface area (Å²) in [6, 6.07) is 14.2. The lowest BCUT2D eigenvalue weighted by molar-refractivity contribution is 0.510. The van der Waals surface area contributed by atoms with Gasteiger partial charge in [0.1, 0.15) is 0 Å². The summed E-state index contributed by atoms with van der Waals surface area (Å²) in [6.07, 6.45) is 0. The van der Waals surface area contributed by atoms with Crippen molar-refractivity contribution in [3.63, 3.8) is 0 Å². The third-order valence-electron chi connectivity index (χ3n) is 5.05. The molecule has 0 aromatic heterocycles. The molecule has 0 spiro atoms. The molecule has 6 heteroatoms. The summed E-state index contributed by atoms with van der Waals surface area (Å²) in [6.45, 7) is 2.47. The van der Waals surface area contributed by atoms with Gasteiger partial charge in [-0.05, 0) is 36.8 Å². The molecule has 1 aliphatic rings. The van der Waals surface area contributed by atoms with Crippen LogP contribution < -0.4 is 11.5 Å². The van der Waals surface area contributed by atoms with Crippen LogP contribution in [-0.2, 0) is 9.84 Å². The molecule has 4 N–H and O–H groups in total. The molecule has 2 aromatic rings. The maximum absolute atomic E-state index is 13.1. The van der Waals surface area contributed by atoms with Gasteiger partial charge in [-0.3, -0.25) is 0 Å². The van der Waals surface area contributed by atoms with Crippen LogP contribution in [0.3, 0.4) is 0 Å². The largest absolute Gasteiger partial charge is 0.330 e. The number of aryl methyl sites for hydroxylation is 1. The zero-order valence-corrected chi connectivity index (χ0v) is 15.0. The molecular formula is C18H21ClN2O2S. The fourth-order valence-corrected chi connectivity index (χ4v) is 6.16. The predicted molar refractivity (Wildman–Crippen MR) is 96.9 cm³/mol. The van der Waals surface area contributed by atoms with E-state index in [9.17, 15) is 8.42 Å². The summed E-state index contributed by atoms with van der Waals surface area (Å²) in [5.41, 5.74) is 13.4. The third-order valence-corrected chi connectivity index (χ3v) is 7.64. The van der Waals surface area contributed by atoms with Crippen LogP contribution in [0.4, 0.5) is 0 Å². The SMILES string of the molecule is Cc1ccc([C@@H]2[C@@H](S(=O)(=O)c3ccc(Cl)cc3)C2(CN)CN)cc1. The van der Waals surface area contributed by atoms with Crippen molar-refractivity contribution < 1.29 is 8.42 Å². The Labute approximate surface area is 147 Å². The van der Waals surface area contributed by atoms with Gasteiger partial charge in [-0.15, -0.1) is 0 Å². The standard InChI is InChI=1S/C18H21ClN2O2S/c1-12-2-4-13(5-3-12)16-17(18(16,10-20)11-21)24(22,23)15-8-6-14(19)7-9-15/h2-9,16-17H,10-11,20-21H2,1H3/t16-,17-/m1/s1. The quantitative estimate of drug-likeness (QED) is 0.853. The molecule has 1 aliphatic carbocycles. The highest BCUT2D eigenvalue weighted by Gasteiger charge is 2.69. The molecule has 0 saturated heterocycles. The molecule has 0 unspecified atom stereocenters. The summed E-state index contributed by atoms with van der Waals surface area (Å²) in [5.74, 6) is -0.186. The molecular weight excluding hydrogens is 344 g/mol. The van der Waals surface area contributed by atoms with Crippen LogP contribution in [0.15, 0.2) is 53.4 Å². The average molecular weight is 365 g/mol. The summed E-state index contributed by atoms with van der Waals surface area (Å²) in [4.78, 5) is 0.262. The molecule has 128 valence electrons. The lowest BCUT2D eigenvalue weighted by atomic mass is 9.99. The minimum Gasteiger partial charge on any atom is -0.330 e. The van der Waals surface area contributed by atoms with Crippen LogP contribution in [0.1, 0.15) is 17.0 Å². The van der Waals surface area contributed by atoms with Gasteiger partial charge >= 0.3 is 0 Å². The minimum absolute atomic E-state index is 0.186. The first-order valence-corrected chi connectivity index (χ1v) is 9.75. The Bertz CT molecular complexity index is 828. The van der Waals surface area contributed by atoms with Crippen molar-refractivity contribution in [1.29, 1.82) is 0 Å². The Kier molecular flexibility index (Phi) is 4.47. The average Bonchev–Trinajstić information content (AvgIpc) is 3.26. The second-order valence-electron chi connectivity index (χ2n) is 6.45. The number of rotatable bonds is 5. The highest BCUT2D eigenvalue weighted by atomic mass is 35.5. The topological polar surface area (TPSA) is 86.2 Å². The molecule has 3 rings (SSSR count). The van der Waals surface area contributed by atoms with E-state index in [4.69, 9.17) is 23.1 Å². The fourth-order valence-electron chi connectivity index (χ4n) is 3.56. The summed E-state index contributed by atoms with van der Waals surface area (Å²) in [7, 11) is -3.54. The van der Waals surface area contributed by atoms with Gasteiger partial charge in [0, 0.05) is 29.4 Å². The van der Waals surface area contributed by atoms with E-state index in [1.54, 1.807) is 24.3 Å². The first-order valence-electron chi connectivity index (χ1n) is 7.83.